The summed E-state index contributed by atoms with van der Waals surface area (Å²) in [5.74, 6) is 7.24. The van der Waals surface area contributed by atoms with Gasteiger partial charge in [-0.3, -0.25) is 5.43 Å². The molecule has 0 spiro atoms. The first kappa shape index (κ1) is 11.1. The zero-order valence-corrected chi connectivity index (χ0v) is 9.39. The highest BCUT2D eigenvalue weighted by Gasteiger charge is 2.23. The number of nitrogens with zero attached hydrogens (tertiary/aromatic N) is 3. The van der Waals surface area contributed by atoms with Crippen LogP contribution in [0.15, 0.2) is 12.3 Å². The van der Waals surface area contributed by atoms with Crippen molar-refractivity contribution in [1.29, 1.82) is 0 Å². The van der Waals surface area contributed by atoms with E-state index in [-0.39, 0.29) is 0 Å². The standard InChI is InChI=1S/C10H17N5O/c1-16-7-8-3-5-15(6-8)9-2-4-12-10(13-9)14-11/h2,4,8H,3,5-7,11H2,1H3,(H,12,13,14). The average molecular weight is 223 g/mol. The fraction of sp³-hybridized carbons (Fsp3) is 0.600. The summed E-state index contributed by atoms with van der Waals surface area (Å²) in [5.41, 5.74) is 2.45. The molecule has 6 nitrogen and oxygen atoms in total. The number of anilines is 2. The van der Waals surface area contributed by atoms with Gasteiger partial charge >= 0.3 is 0 Å². The highest BCUT2D eigenvalue weighted by atomic mass is 16.5. The van der Waals surface area contributed by atoms with Gasteiger partial charge in [-0.2, -0.15) is 4.98 Å². The number of nitrogen functional groups attached to an aromatic ring is 1. The van der Waals surface area contributed by atoms with Crippen LogP contribution in [0.2, 0.25) is 0 Å². The summed E-state index contributed by atoms with van der Waals surface area (Å²) in [4.78, 5) is 10.5. The molecule has 1 atom stereocenters. The third-order valence-corrected chi connectivity index (χ3v) is 2.78. The largest absolute Gasteiger partial charge is 0.384 e. The third kappa shape index (κ3) is 2.40. The minimum Gasteiger partial charge on any atom is -0.384 e. The SMILES string of the molecule is COCC1CCN(c2ccnc(NN)n2)C1. The smallest absolute Gasteiger partial charge is 0.239 e. The van der Waals surface area contributed by atoms with Gasteiger partial charge in [0.25, 0.3) is 0 Å². The topological polar surface area (TPSA) is 76.3 Å². The molecule has 2 heterocycles. The monoisotopic (exact) mass is 223 g/mol. The van der Waals surface area contributed by atoms with E-state index >= 15 is 0 Å². The van der Waals surface area contributed by atoms with Crippen molar-refractivity contribution in [3.63, 3.8) is 0 Å². The molecule has 88 valence electrons. The lowest BCUT2D eigenvalue weighted by molar-refractivity contribution is 0.161. The number of rotatable bonds is 4. The van der Waals surface area contributed by atoms with Crippen molar-refractivity contribution in [2.24, 2.45) is 11.8 Å². The van der Waals surface area contributed by atoms with Gasteiger partial charge in [0.15, 0.2) is 0 Å². The Morgan fingerprint density at radius 3 is 3.31 bits per heavy atom. The van der Waals surface area contributed by atoms with E-state index in [1.165, 1.54) is 0 Å². The van der Waals surface area contributed by atoms with Crippen LogP contribution in [0.25, 0.3) is 0 Å². The number of methoxy groups -OCH3 is 1. The van der Waals surface area contributed by atoms with E-state index < -0.39 is 0 Å². The van der Waals surface area contributed by atoms with Crippen LogP contribution >= 0.6 is 0 Å². The molecule has 0 aliphatic carbocycles. The second-order valence-electron chi connectivity index (χ2n) is 3.94. The van der Waals surface area contributed by atoms with E-state index in [1.54, 1.807) is 13.3 Å². The van der Waals surface area contributed by atoms with Crippen molar-refractivity contribution in [2.75, 3.05) is 37.1 Å². The number of hydrogen-bond donors (Lipinski definition) is 2. The summed E-state index contributed by atoms with van der Waals surface area (Å²) in [6.45, 7) is 2.80. The first-order valence-electron chi connectivity index (χ1n) is 5.37. The van der Waals surface area contributed by atoms with Gasteiger partial charge in [0, 0.05) is 32.3 Å². The molecule has 0 bridgehead atoms. The van der Waals surface area contributed by atoms with Crippen molar-refractivity contribution in [2.45, 2.75) is 6.42 Å². The minimum atomic E-state index is 0.452. The molecule has 0 radical (unpaired) electrons. The molecule has 1 aliphatic heterocycles. The van der Waals surface area contributed by atoms with Gasteiger partial charge in [0.1, 0.15) is 5.82 Å². The highest BCUT2D eigenvalue weighted by molar-refractivity contribution is 5.42. The minimum absolute atomic E-state index is 0.452. The summed E-state index contributed by atoms with van der Waals surface area (Å²) in [6.07, 6.45) is 2.85. The summed E-state index contributed by atoms with van der Waals surface area (Å²) in [7, 11) is 1.74. The molecule has 16 heavy (non-hydrogen) atoms. The number of hydrogen-bond acceptors (Lipinski definition) is 6. The lowest BCUT2D eigenvalue weighted by Crippen LogP contribution is -2.23. The molecule has 0 aromatic carbocycles. The fourth-order valence-corrected chi connectivity index (χ4v) is 2.01. The Hall–Kier alpha value is -1.40. The fourth-order valence-electron chi connectivity index (χ4n) is 2.01. The molecular formula is C10H17N5O. The van der Waals surface area contributed by atoms with E-state index in [0.717, 1.165) is 31.9 Å². The Bertz CT molecular complexity index is 346. The summed E-state index contributed by atoms with van der Waals surface area (Å²) < 4.78 is 5.16. The van der Waals surface area contributed by atoms with Crippen molar-refractivity contribution in [3.8, 4) is 0 Å². The van der Waals surface area contributed by atoms with Crippen LogP contribution in [-0.2, 0) is 4.74 Å². The Morgan fingerprint density at radius 2 is 2.56 bits per heavy atom. The molecule has 1 unspecified atom stereocenters. The van der Waals surface area contributed by atoms with Crippen LogP contribution in [0.4, 0.5) is 11.8 Å². The van der Waals surface area contributed by atoms with Crippen LogP contribution in [0.3, 0.4) is 0 Å². The van der Waals surface area contributed by atoms with E-state index in [2.05, 4.69) is 20.3 Å². The number of nitrogens with two attached hydrogens (primary N) is 1. The van der Waals surface area contributed by atoms with Gasteiger partial charge in [0.2, 0.25) is 5.95 Å². The van der Waals surface area contributed by atoms with Gasteiger partial charge < -0.3 is 9.64 Å². The van der Waals surface area contributed by atoms with Gasteiger partial charge in [-0.15, -0.1) is 0 Å². The van der Waals surface area contributed by atoms with E-state index in [0.29, 0.717) is 11.9 Å². The van der Waals surface area contributed by atoms with Crippen LogP contribution in [0, 0.1) is 5.92 Å². The third-order valence-electron chi connectivity index (χ3n) is 2.78. The maximum atomic E-state index is 5.28. The average Bonchev–Trinajstić information content (AvgIpc) is 2.78. The number of hydrazine groups is 1. The zero-order chi connectivity index (χ0) is 11.4. The van der Waals surface area contributed by atoms with Gasteiger partial charge in [-0.25, -0.2) is 10.8 Å². The van der Waals surface area contributed by atoms with E-state index in [4.69, 9.17) is 10.6 Å². The van der Waals surface area contributed by atoms with Crippen LogP contribution < -0.4 is 16.2 Å². The van der Waals surface area contributed by atoms with Gasteiger partial charge in [0.05, 0.1) is 6.61 Å². The zero-order valence-electron chi connectivity index (χ0n) is 9.39. The quantitative estimate of drug-likeness (QED) is 0.562. The molecule has 1 aromatic heterocycles. The highest BCUT2D eigenvalue weighted by Crippen LogP contribution is 2.22. The van der Waals surface area contributed by atoms with Crippen LogP contribution in [0.1, 0.15) is 6.42 Å². The lowest BCUT2D eigenvalue weighted by Gasteiger charge is -2.17. The molecule has 1 aliphatic rings. The van der Waals surface area contributed by atoms with Crippen LogP contribution in [-0.4, -0.2) is 36.8 Å². The second-order valence-corrected chi connectivity index (χ2v) is 3.94. The van der Waals surface area contributed by atoms with Gasteiger partial charge in [-0.1, -0.05) is 0 Å². The van der Waals surface area contributed by atoms with Crippen molar-refractivity contribution < 1.29 is 4.74 Å². The molecule has 6 heteroatoms. The predicted octanol–water partition coefficient (Wildman–Crippen LogP) is 0.235. The van der Waals surface area contributed by atoms with Crippen molar-refractivity contribution in [3.05, 3.63) is 12.3 Å². The summed E-state index contributed by atoms with van der Waals surface area (Å²) in [5, 5.41) is 0. The maximum absolute atomic E-state index is 5.28. The summed E-state index contributed by atoms with van der Waals surface area (Å²) in [6, 6.07) is 1.90. The molecule has 0 saturated carbocycles. The first-order valence-corrected chi connectivity index (χ1v) is 5.37. The Kier molecular flexibility index (Phi) is 3.53. The molecule has 2 rings (SSSR count). The predicted molar refractivity (Wildman–Crippen MR) is 62.0 cm³/mol. The molecule has 3 N–H and O–H groups in total. The maximum Gasteiger partial charge on any atom is 0.239 e. The van der Waals surface area contributed by atoms with Crippen molar-refractivity contribution >= 4 is 11.8 Å². The van der Waals surface area contributed by atoms with Gasteiger partial charge in [-0.05, 0) is 12.5 Å². The molecular weight excluding hydrogens is 206 g/mol. The normalized spacial score (nSPS) is 20.1. The van der Waals surface area contributed by atoms with E-state index in [1.807, 2.05) is 6.07 Å². The molecule has 1 aromatic rings. The number of ether oxygens (including phenoxy) is 1. The Labute approximate surface area is 94.8 Å². The lowest BCUT2D eigenvalue weighted by atomic mass is 10.1. The first-order chi connectivity index (χ1) is 7.83. The molecule has 0 amide bonds. The Morgan fingerprint density at radius 1 is 1.69 bits per heavy atom. The number of nitrogens with one attached hydrogen (secondary N) is 1. The van der Waals surface area contributed by atoms with Crippen molar-refractivity contribution in [1.82, 2.24) is 9.97 Å². The second kappa shape index (κ2) is 5.09. The Balaban J connectivity index is 2.02. The summed E-state index contributed by atoms with van der Waals surface area (Å²) >= 11 is 0. The molecule has 1 fully saturated rings. The van der Waals surface area contributed by atoms with Crippen LogP contribution in [0.5, 0.6) is 0 Å². The number of aromatic nitrogens is 2. The molecule has 1 saturated heterocycles. The van der Waals surface area contributed by atoms with E-state index in [9.17, 15) is 0 Å².